The highest BCUT2D eigenvalue weighted by molar-refractivity contribution is 5.86. The first-order valence-corrected chi connectivity index (χ1v) is 9.43. The summed E-state index contributed by atoms with van der Waals surface area (Å²) in [5.41, 5.74) is 3.41. The predicted octanol–water partition coefficient (Wildman–Crippen LogP) is 5.94. The molecule has 174 valence electrons. The Morgan fingerprint density at radius 2 is 1.88 bits per heavy atom. The summed E-state index contributed by atoms with van der Waals surface area (Å²) in [6, 6.07) is 7.12. The highest BCUT2D eigenvalue weighted by Gasteiger charge is 2.17. The Hall–Kier alpha value is -3.01. The highest BCUT2D eigenvalue weighted by Crippen LogP contribution is 2.32. The van der Waals surface area contributed by atoms with E-state index in [9.17, 15) is 8.78 Å². The molecule has 33 heavy (non-hydrogen) atoms. The maximum atomic E-state index is 14.3. The number of hydrogen-bond acceptors (Lipinski definition) is 5. The van der Waals surface area contributed by atoms with Gasteiger partial charge in [-0.2, -0.15) is 10.1 Å². The monoisotopic (exact) mass is 514 g/mol. The number of aryl methyl sites for hydroxylation is 1. The molecule has 1 N–H and O–H groups in total. The Morgan fingerprint density at radius 1 is 1.06 bits per heavy atom. The summed E-state index contributed by atoms with van der Waals surface area (Å²) in [4.78, 5) is 8.82. The quantitative estimate of drug-likeness (QED) is 0.313. The summed E-state index contributed by atoms with van der Waals surface area (Å²) in [6.07, 6.45) is 6.81. The second-order valence-corrected chi connectivity index (χ2v) is 6.82. The van der Waals surface area contributed by atoms with Crippen molar-refractivity contribution in [1.29, 1.82) is 0 Å². The number of aromatic nitrogens is 6. The van der Waals surface area contributed by atoms with Crippen LogP contribution in [0.15, 0.2) is 53.4 Å². The lowest BCUT2D eigenvalue weighted by atomic mass is 10.0. The molecule has 0 unspecified atom stereocenters. The second-order valence-electron chi connectivity index (χ2n) is 6.82. The van der Waals surface area contributed by atoms with Crippen LogP contribution < -0.4 is 0 Å². The number of rotatable bonds is 5. The summed E-state index contributed by atoms with van der Waals surface area (Å²) in [7, 11) is 0. The van der Waals surface area contributed by atoms with E-state index in [-0.39, 0.29) is 42.8 Å². The van der Waals surface area contributed by atoms with Crippen LogP contribution in [0.1, 0.15) is 19.2 Å². The lowest BCUT2D eigenvalue weighted by Crippen LogP contribution is -1.93. The molecule has 5 rings (SSSR count). The van der Waals surface area contributed by atoms with E-state index in [4.69, 9.17) is 4.52 Å². The van der Waals surface area contributed by atoms with Gasteiger partial charge in [0.25, 0.3) is 0 Å². The standard InChI is InChI=1S/C21H16F2N6O.3ClH/c1-2-3-19-26-21(28-30-19)17-10-24-18-7-4-12(11-29(17)18)15-9-25-27-20(15)14-6-5-13(22)8-16(14)23;;;/h4-11H,2-3H2,1H3,(H,25,27);3*1H. The molecule has 0 atom stereocenters. The number of benzene rings is 1. The molecular formula is C21H19Cl3F2N6O. The zero-order valence-electron chi connectivity index (χ0n) is 17.2. The number of hydrogen-bond donors (Lipinski definition) is 1. The molecule has 0 fully saturated rings. The molecule has 0 saturated heterocycles. The van der Waals surface area contributed by atoms with Crippen LogP contribution >= 0.6 is 37.2 Å². The van der Waals surface area contributed by atoms with E-state index in [0.29, 0.717) is 40.7 Å². The minimum absolute atomic E-state index is 0. The lowest BCUT2D eigenvalue weighted by molar-refractivity contribution is 0.377. The van der Waals surface area contributed by atoms with Crippen molar-refractivity contribution in [2.24, 2.45) is 0 Å². The number of halogens is 5. The second kappa shape index (κ2) is 10.7. The van der Waals surface area contributed by atoms with Gasteiger partial charge >= 0.3 is 0 Å². The number of fused-ring (bicyclic) bond motifs is 1. The molecule has 4 aromatic heterocycles. The van der Waals surface area contributed by atoms with E-state index >= 15 is 0 Å². The van der Waals surface area contributed by atoms with Crippen molar-refractivity contribution < 1.29 is 13.3 Å². The van der Waals surface area contributed by atoms with Gasteiger partial charge in [0, 0.05) is 41.6 Å². The summed E-state index contributed by atoms with van der Waals surface area (Å²) in [5, 5.41) is 11.0. The molecule has 5 aromatic rings. The number of imidazole rings is 1. The Morgan fingerprint density at radius 3 is 2.64 bits per heavy atom. The molecule has 1 aromatic carbocycles. The first-order chi connectivity index (χ1) is 14.6. The van der Waals surface area contributed by atoms with Gasteiger partial charge in [-0.05, 0) is 30.7 Å². The van der Waals surface area contributed by atoms with Crippen LogP contribution in [-0.4, -0.2) is 29.7 Å². The lowest BCUT2D eigenvalue weighted by Gasteiger charge is -2.06. The first kappa shape index (κ1) is 26.2. The third-order valence-electron chi connectivity index (χ3n) is 4.80. The first-order valence-electron chi connectivity index (χ1n) is 9.43. The minimum atomic E-state index is -0.678. The molecule has 0 saturated carbocycles. The average Bonchev–Trinajstić information content (AvgIpc) is 3.47. The fourth-order valence-corrected chi connectivity index (χ4v) is 3.38. The van der Waals surface area contributed by atoms with Crippen molar-refractivity contribution in [3.63, 3.8) is 0 Å². The number of nitrogens with zero attached hydrogens (tertiary/aromatic N) is 5. The van der Waals surface area contributed by atoms with Crippen molar-refractivity contribution in [1.82, 2.24) is 29.7 Å². The minimum Gasteiger partial charge on any atom is -0.339 e. The van der Waals surface area contributed by atoms with Gasteiger partial charge in [-0.1, -0.05) is 12.1 Å². The van der Waals surface area contributed by atoms with Crippen LogP contribution in [0.3, 0.4) is 0 Å². The van der Waals surface area contributed by atoms with E-state index < -0.39 is 11.6 Å². The van der Waals surface area contributed by atoms with Gasteiger partial charge in [-0.3, -0.25) is 9.50 Å². The zero-order chi connectivity index (χ0) is 20.7. The number of H-pyrrole nitrogens is 1. The van der Waals surface area contributed by atoms with E-state index in [1.54, 1.807) is 12.4 Å². The summed E-state index contributed by atoms with van der Waals surface area (Å²) < 4.78 is 34.8. The van der Waals surface area contributed by atoms with Crippen molar-refractivity contribution in [3.8, 4) is 33.9 Å². The molecule has 0 aliphatic heterocycles. The normalized spacial score (nSPS) is 10.4. The smallest absolute Gasteiger partial charge is 0.226 e. The largest absolute Gasteiger partial charge is 0.339 e. The van der Waals surface area contributed by atoms with Crippen LogP contribution in [0.5, 0.6) is 0 Å². The molecule has 4 heterocycles. The fraction of sp³-hybridized carbons (Fsp3) is 0.143. The van der Waals surface area contributed by atoms with Crippen LogP contribution in [0.4, 0.5) is 8.78 Å². The number of pyridine rings is 1. The average molecular weight is 516 g/mol. The van der Waals surface area contributed by atoms with Crippen LogP contribution in [0.2, 0.25) is 0 Å². The summed E-state index contributed by atoms with van der Waals surface area (Å²) in [5.74, 6) is -0.300. The third-order valence-corrected chi connectivity index (χ3v) is 4.80. The van der Waals surface area contributed by atoms with E-state index in [0.717, 1.165) is 18.1 Å². The zero-order valence-corrected chi connectivity index (χ0v) is 19.6. The van der Waals surface area contributed by atoms with Crippen LogP contribution in [0.25, 0.3) is 39.5 Å². The number of nitrogens with one attached hydrogen (secondary N) is 1. The van der Waals surface area contributed by atoms with Gasteiger partial charge in [0.1, 0.15) is 28.7 Å². The molecule has 0 spiro atoms. The molecule has 0 amide bonds. The van der Waals surface area contributed by atoms with Gasteiger partial charge < -0.3 is 4.52 Å². The van der Waals surface area contributed by atoms with E-state index in [1.807, 2.05) is 29.7 Å². The predicted molar refractivity (Wildman–Crippen MR) is 127 cm³/mol. The molecule has 12 heteroatoms. The van der Waals surface area contributed by atoms with Gasteiger partial charge in [0.05, 0.1) is 6.20 Å². The van der Waals surface area contributed by atoms with Gasteiger partial charge in [-0.15, -0.1) is 37.2 Å². The Balaban J connectivity index is 0.00000128. The summed E-state index contributed by atoms with van der Waals surface area (Å²) in [6.45, 7) is 2.04. The van der Waals surface area contributed by atoms with Gasteiger partial charge in [0.15, 0.2) is 0 Å². The maximum absolute atomic E-state index is 14.3. The van der Waals surface area contributed by atoms with E-state index in [2.05, 4.69) is 25.3 Å². The van der Waals surface area contributed by atoms with Crippen molar-refractivity contribution >= 4 is 42.9 Å². The summed E-state index contributed by atoms with van der Waals surface area (Å²) >= 11 is 0. The third kappa shape index (κ3) is 4.85. The van der Waals surface area contributed by atoms with Gasteiger partial charge in [0.2, 0.25) is 11.7 Å². The maximum Gasteiger partial charge on any atom is 0.226 e. The topological polar surface area (TPSA) is 84.9 Å². The Kier molecular flexibility index (Phi) is 8.54. The molecule has 7 nitrogen and oxygen atoms in total. The van der Waals surface area contributed by atoms with Crippen molar-refractivity contribution in [2.75, 3.05) is 0 Å². The molecule has 0 bridgehead atoms. The fourth-order valence-electron chi connectivity index (χ4n) is 3.38. The SMILES string of the molecule is CCCc1nc(-c2cnc3ccc(-c4c[nH]nc4-c4ccc(F)cc4F)cn23)no1.Cl.Cl.Cl. The van der Waals surface area contributed by atoms with Crippen LogP contribution in [-0.2, 0) is 6.42 Å². The molecule has 0 aliphatic rings. The molecule has 0 radical (unpaired) electrons. The van der Waals surface area contributed by atoms with Crippen molar-refractivity contribution in [3.05, 3.63) is 66.4 Å². The molecule has 0 aliphatic carbocycles. The van der Waals surface area contributed by atoms with Gasteiger partial charge in [-0.25, -0.2) is 13.8 Å². The molecular weight excluding hydrogens is 497 g/mol. The van der Waals surface area contributed by atoms with Crippen molar-refractivity contribution in [2.45, 2.75) is 19.8 Å². The number of aromatic amines is 1. The van der Waals surface area contributed by atoms with Crippen LogP contribution in [0, 0.1) is 11.6 Å². The van der Waals surface area contributed by atoms with E-state index in [1.165, 1.54) is 12.1 Å². The highest BCUT2D eigenvalue weighted by atomic mass is 35.5. The Labute approximate surface area is 205 Å². The Bertz CT molecular complexity index is 1370.